The number of halogens is 2. The Kier molecular flexibility index (Phi) is 7.69. The van der Waals surface area contributed by atoms with E-state index >= 15 is 0 Å². The average Bonchev–Trinajstić information content (AvgIpc) is 3.01. The average molecular weight is 598 g/mol. The Hall–Kier alpha value is -4.59. The molecule has 0 radical (unpaired) electrons. The highest BCUT2D eigenvalue weighted by Gasteiger charge is 2.23. The highest BCUT2D eigenvalue weighted by atomic mass is 35.5. The van der Waals surface area contributed by atoms with Gasteiger partial charge in [-0.1, -0.05) is 53.5 Å². The third-order valence-electron chi connectivity index (χ3n) is 7.30. The molecular formula is C33H25Cl2N3O4. The lowest BCUT2D eigenvalue weighted by atomic mass is 10.0. The fraction of sp³-hybridized carbons (Fsp3) is 0.121. The van der Waals surface area contributed by atoms with Gasteiger partial charge in [-0.25, -0.2) is 4.79 Å². The quantitative estimate of drug-likeness (QED) is 0.221. The maximum atomic E-state index is 12.9. The first kappa shape index (κ1) is 27.6. The van der Waals surface area contributed by atoms with Gasteiger partial charge in [0.05, 0.1) is 16.3 Å². The van der Waals surface area contributed by atoms with Gasteiger partial charge in [0.1, 0.15) is 5.58 Å². The summed E-state index contributed by atoms with van der Waals surface area (Å²) in [4.78, 5) is 42.2. The maximum Gasteiger partial charge on any atom is 0.344 e. The number of amides is 2. The van der Waals surface area contributed by atoms with Gasteiger partial charge in [0.25, 0.3) is 11.8 Å². The third-order valence-corrected chi connectivity index (χ3v) is 7.86. The predicted molar refractivity (Wildman–Crippen MR) is 167 cm³/mol. The standard InChI is InChI=1S/C33H25Cl2N3O4/c34-25-11-9-23(10-12-25)32(40)38-17-15-37(16-18-38)29-14-13-26(20-28(29)35)36-31(39)22-7-5-21(6-8-22)27-19-24-3-1-2-4-30(24)42-33(27)41/h1-14,19-20H,15-18H2,(H,36,39). The molecule has 1 aliphatic rings. The summed E-state index contributed by atoms with van der Waals surface area (Å²) >= 11 is 12.6. The smallest absolute Gasteiger partial charge is 0.344 e. The predicted octanol–water partition coefficient (Wildman–Crippen LogP) is 6.98. The Labute approximate surface area is 251 Å². The number of nitrogens with one attached hydrogen (secondary N) is 1. The number of benzene rings is 4. The molecule has 7 nitrogen and oxygen atoms in total. The molecule has 0 spiro atoms. The first-order valence-electron chi connectivity index (χ1n) is 13.4. The number of nitrogens with zero attached hydrogens (tertiary/aromatic N) is 2. The first-order chi connectivity index (χ1) is 20.4. The Balaban J connectivity index is 1.09. The summed E-state index contributed by atoms with van der Waals surface area (Å²) < 4.78 is 5.43. The van der Waals surface area contributed by atoms with Crippen molar-refractivity contribution in [2.45, 2.75) is 0 Å². The van der Waals surface area contributed by atoms with Crippen LogP contribution in [-0.4, -0.2) is 42.9 Å². The molecule has 0 bridgehead atoms. The van der Waals surface area contributed by atoms with E-state index in [0.717, 1.165) is 11.1 Å². The molecule has 1 aliphatic heterocycles. The summed E-state index contributed by atoms with van der Waals surface area (Å²) in [7, 11) is 0. The molecule has 1 aromatic heterocycles. The SMILES string of the molecule is O=C(Nc1ccc(N2CCN(C(=O)c3ccc(Cl)cc3)CC2)c(Cl)c1)c1ccc(-c2cc3ccccc3oc2=O)cc1. The molecule has 210 valence electrons. The monoisotopic (exact) mass is 597 g/mol. The third kappa shape index (κ3) is 5.75. The van der Waals surface area contributed by atoms with Crippen molar-refractivity contribution in [3.63, 3.8) is 0 Å². The number of para-hydroxylation sites is 1. The van der Waals surface area contributed by atoms with Crippen LogP contribution in [0, 0.1) is 0 Å². The van der Waals surface area contributed by atoms with Gasteiger partial charge >= 0.3 is 5.63 Å². The van der Waals surface area contributed by atoms with Crippen molar-refractivity contribution >= 4 is 57.4 Å². The molecule has 0 unspecified atom stereocenters. The van der Waals surface area contributed by atoms with Gasteiger partial charge in [0.2, 0.25) is 0 Å². The Morgan fingerprint density at radius 3 is 2.17 bits per heavy atom. The van der Waals surface area contributed by atoms with Gasteiger partial charge in [0, 0.05) is 53.4 Å². The summed E-state index contributed by atoms with van der Waals surface area (Å²) in [6, 6.07) is 28.2. The zero-order chi connectivity index (χ0) is 29.2. The number of piperazine rings is 1. The van der Waals surface area contributed by atoms with Crippen LogP contribution in [0.15, 0.2) is 106 Å². The van der Waals surface area contributed by atoms with Crippen molar-refractivity contribution in [3.8, 4) is 11.1 Å². The molecule has 0 atom stereocenters. The summed E-state index contributed by atoms with van der Waals surface area (Å²) in [6.45, 7) is 2.39. The molecule has 2 amide bonds. The van der Waals surface area contributed by atoms with Gasteiger partial charge < -0.3 is 19.5 Å². The number of fused-ring (bicyclic) bond motifs is 1. The molecule has 1 N–H and O–H groups in total. The number of rotatable bonds is 5. The van der Waals surface area contributed by atoms with Gasteiger partial charge in [-0.2, -0.15) is 0 Å². The molecule has 5 aromatic rings. The lowest BCUT2D eigenvalue weighted by Gasteiger charge is -2.36. The minimum Gasteiger partial charge on any atom is -0.422 e. The molecule has 4 aromatic carbocycles. The van der Waals surface area contributed by atoms with Gasteiger partial charge in [-0.3, -0.25) is 9.59 Å². The summed E-state index contributed by atoms with van der Waals surface area (Å²) in [5.74, 6) is -0.325. The molecule has 2 heterocycles. The van der Waals surface area contributed by atoms with Crippen LogP contribution in [0.2, 0.25) is 10.0 Å². The summed E-state index contributed by atoms with van der Waals surface area (Å²) in [5.41, 5.74) is 3.63. The lowest BCUT2D eigenvalue weighted by Crippen LogP contribution is -2.48. The number of anilines is 2. The topological polar surface area (TPSA) is 82.9 Å². The Morgan fingerprint density at radius 2 is 1.45 bits per heavy atom. The minimum absolute atomic E-state index is 0.0239. The Morgan fingerprint density at radius 1 is 0.762 bits per heavy atom. The normalized spacial score (nSPS) is 13.3. The van der Waals surface area contributed by atoms with Crippen molar-refractivity contribution in [1.29, 1.82) is 0 Å². The van der Waals surface area contributed by atoms with Crippen LogP contribution in [0.25, 0.3) is 22.1 Å². The van der Waals surface area contributed by atoms with Crippen molar-refractivity contribution in [2.75, 3.05) is 36.4 Å². The van der Waals surface area contributed by atoms with E-state index in [1.165, 1.54) is 0 Å². The van der Waals surface area contributed by atoms with E-state index in [0.29, 0.717) is 69.7 Å². The second-order valence-corrected chi connectivity index (χ2v) is 10.8. The summed E-state index contributed by atoms with van der Waals surface area (Å²) in [5, 5.41) is 4.80. The van der Waals surface area contributed by atoms with Gasteiger partial charge in [-0.15, -0.1) is 0 Å². The van der Waals surface area contributed by atoms with E-state index in [9.17, 15) is 14.4 Å². The highest BCUT2D eigenvalue weighted by molar-refractivity contribution is 6.33. The van der Waals surface area contributed by atoms with Gasteiger partial charge in [0.15, 0.2) is 0 Å². The number of hydrogen-bond donors (Lipinski definition) is 1. The van der Waals surface area contributed by atoms with E-state index in [4.69, 9.17) is 27.6 Å². The van der Waals surface area contributed by atoms with Crippen LogP contribution in [-0.2, 0) is 0 Å². The maximum absolute atomic E-state index is 12.9. The van der Waals surface area contributed by atoms with E-state index in [-0.39, 0.29) is 11.8 Å². The van der Waals surface area contributed by atoms with Crippen molar-refractivity contribution < 1.29 is 14.0 Å². The van der Waals surface area contributed by atoms with E-state index in [1.807, 2.05) is 29.2 Å². The fourth-order valence-electron chi connectivity index (χ4n) is 5.03. The number of carbonyl (C=O) groups excluding carboxylic acids is 2. The van der Waals surface area contributed by atoms with Crippen molar-refractivity contribution in [2.24, 2.45) is 0 Å². The van der Waals surface area contributed by atoms with E-state index in [2.05, 4.69) is 10.2 Å². The lowest BCUT2D eigenvalue weighted by molar-refractivity contribution is 0.0746. The highest BCUT2D eigenvalue weighted by Crippen LogP contribution is 2.30. The van der Waals surface area contributed by atoms with Crippen molar-refractivity contribution in [3.05, 3.63) is 129 Å². The molecular weight excluding hydrogens is 573 g/mol. The minimum atomic E-state index is -0.435. The number of hydrogen-bond acceptors (Lipinski definition) is 5. The first-order valence-corrected chi connectivity index (χ1v) is 14.2. The van der Waals surface area contributed by atoms with Crippen LogP contribution in [0.3, 0.4) is 0 Å². The largest absolute Gasteiger partial charge is 0.422 e. The number of carbonyl (C=O) groups is 2. The van der Waals surface area contributed by atoms with Crippen LogP contribution in [0.4, 0.5) is 11.4 Å². The van der Waals surface area contributed by atoms with Crippen molar-refractivity contribution in [1.82, 2.24) is 4.90 Å². The zero-order valence-corrected chi connectivity index (χ0v) is 23.9. The Bertz CT molecular complexity index is 1850. The second kappa shape index (κ2) is 11.7. The van der Waals surface area contributed by atoms with Gasteiger partial charge in [-0.05, 0) is 72.3 Å². The van der Waals surface area contributed by atoms with Crippen LogP contribution < -0.4 is 15.8 Å². The molecule has 6 rings (SSSR count). The van der Waals surface area contributed by atoms with E-state index in [1.54, 1.807) is 72.8 Å². The van der Waals surface area contributed by atoms with E-state index < -0.39 is 5.63 Å². The van der Waals surface area contributed by atoms with Crippen LogP contribution in [0.1, 0.15) is 20.7 Å². The van der Waals surface area contributed by atoms with Crippen LogP contribution >= 0.6 is 23.2 Å². The molecule has 1 fully saturated rings. The molecule has 1 saturated heterocycles. The zero-order valence-electron chi connectivity index (χ0n) is 22.3. The second-order valence-electron chi connectivity index (χ2n) is 9.97. The molecule has 9 heteroatoms. The fourth-order valence-corrected chi connectivity index (χ4v) is 5.46. The van der Waals surface area contributed by atoms with Crippen LogP contribution in [0.5, 0.6) is 0 Å². The molecule has 42 heavy (non-hydrogen) atoms. The summed E-state index contributed by atoms with van der Waals surface area (Å²) in [6.07, 6.45) is 0. The molecule has 0 aliphatic carbocycles. The molecule has 0 saturated carbocycles.